The Labute approximate surface area is 66.2 Å². The summed E-state index contributed by atoms with van der Waals surface area (Å²) in [6, 6.07) is 0. The van der Waals surface area contributed by atoms with Crippen LogP contribution in [0, 0.1) is 0 Å². The number of carbonyl (C=O) groups is 1. The van der Waals surface area contributed by atoms with Crippen LogP contribution in [0.15, 0.2) is 0 Å². The van der Waals surface area contributed by atoms with Gasteiger partial charge in [-0.1, -0.05) is 16.1 Å². The smallest absolute Gasteiger partial charge is 0.199 e. The molecule has 0 spiro atoms. The molecule has 1 heterocycles. The normalized spacial score (nSPS) is 9.80. The van der Waals surface area contributed by atoms with Crippen molar-refractivity contribution in [2.75, 3.05) is 6.54 Å². The standard InChI is InChI=1S/C4H4ClN3OS/c5-4-3(2(9)1-6)7-8-10-4/h1,6H2. The zero-order valence-electron chi connectivity index (χ0n) is 4.87. The highest BCUT2D eigenvalue weighted by Gasteiger charge is 2.11. The van der Waals surface area contributed by atoms with Crippen molar-refractivity contribution < 1.29 is 4.79 Å². The zero-order chi connectivity index (χ0) is 7.56. The SMILES string of the molecule is NCC(=O)c1nnsc1Cl. The lowest BCUT2D eigenvalue weighted by molar-refractivity contribution is 0.0997. The van der Waals surface area contributed by atoms with E-state index in [1.165, 1.54) is 0 Å². The van der Waals surface area contributed by atoms with E-state index in [1.807, 2.05) is 0 Å². The first-order chi connectivity index (χ1) is 4.75. The summed E-state index contributed by atoms with van der Waals surface area (Å²) in [5.41, 5.74) is 5.24. The van der Waals surface area contributed by atoms with Crippen molar-refractivity contribution in [3.8, 4) is 0 Å². The van der Waals surface area contributed by atoms with Gasteiger partial charge in [-0.05, 0) is 0 Å². The fraction of sp³-hybridized carbons (Fsp3) is 0.250. The molecule has 0 fully saturated rings. The van der Waals surface area contributed by atoms with Gasteiger partial charge < -0.3 is 5.73 Å². The van der Waals surface area contributed by atoms with Crippen LogP contribution in [0.25, 0.3) is 0 Å². The molecule has 10 heavy (non-hydrogen) atoms. The Morgan fingerprint density at radius 1 is 1.80 bits per heavy atom. The van der Waals surface area contributed by atoms with E-state index < -0.39 is 0 Å². The quantitative estimate of drug-likeness (QED) is 0.662. The maximum absolute atomic E-state index is 10.8. The van der Waals surface area contributed by atoms with Crippen LogP contribution in [-0.2, 0) is 0 Å². The number of Topliss-reactive ketones (excluding diaryl/α,β-unsaturated/α-hetero) is 1. The van der Waals surface area contributed by atoms with Crippen LogP contribution >= 0.6 is 23.1 Å². The molecule has 0 saturated heterocycles. The van der Waals surface area contributed by atoms with Gasteiger partial charge in [0.25, 0.3) is 0 Å². The third kappa shape index (κ3) is 1.31. The molecule has 0 atom stereocenters. The minimum Gasteiger partial charge on any atom is -0.324 e. The molecule has 0 aliphatic heterocycles. The molecule has 0 aliphatic carbocycles. The molecular weight excluding hydrogens is 174 g/mol. The summed E-state index contributed by atoms with van der Waals surface area (Å²) >= 11 is 6.51. The molecular formula is C4H4ClN3OS. The van der Waals surface area contributed by atoms with Gasteiger partial charge in [-0.2, -0.15) is 0 Å². The highest BCUT2D eigenvalue weighted by molar-refractivity contribution is 7.10. The molecule has 0 bridgehead atoms. The van der Waals surface area contributed by atoms with E-state index in [9.17, 15) is 4.79 Å². The van der Waals surface area contributed by atoms with Crippen molar-refractivity contribution in [3.63, 3.8) is 0 Å². The van der Waals surface area contributed by atoms with Gasteiger partial charge >= 0.3 is 0 Å². The highest BCUT2D eigenvalue weighted by atomic mass is 35.5. The molecule has 54 valence electrons. The monoisotopic (exact) mass is 177 g/mol. The average molecular weight is 178 g/mol. The van der Waals surface area contributed by atoms with Gasteiger partial charge in [0.15, 0.2) is 11.5 Å². The molecule has 0 aliphatic rings. The summed E-state index contributed by atoms with van der Waals surface area (Å²) in [5, 5.41) is 3.49. The maximum Gasteiger partial charge on any atom is 0.199 e. The second kappa shape index (κ2) is 3.05. The molecule has 1 aromatic heterocycles. The number of nitrogens with two attached hydrogens (primary N) is 1. The first-order valence-corrected chi connectivity index (χ1v) is 3.62. The molecule has 0 unspecified atom stereocenters. The molecule has 0 saturated carbocycles. The summed E-state index contributed by atoms with van der Waals surface area (Å²) in [6.07, 6.45) is 0. The fourth-order valence-electron chi connectivity index (χ4n) is 0.442. The van der Waals surface area contributed by atoms with Crippen LogP contribution in [0.3, 0.4) is 0 Å². The lowest BCUT2D eigenvalue weighted by Gasteiger charge is -1.87. The number of carbonyl (C=O) groups excluding carboxylic acids is 1. The Morgan fingerprint density at radius 2 is 2.50 bits per heavy atom. The van der Waals surface area contributed by atoms with Crippen LogP contribution in [0.1, 0.15) is 10.5 Å². The molecule has 6 heteroatoms. The summed E-state index contributed by atoms with van der Waals surface area (Å²) in [5.74, 6) is -0.279. The number of hydrogen-bond acceptors (Lipinski definition) is 5. The Bertz CT molecular complexity index is 248. The number of nitrogens with zero attached hydrogens (tertiary/aromatic N) is 2. The van der Waals surface area contributed by atoms with E-state index in [4.69, 9.17) is 17.3 Å². The summed E-state index contributed by atoms with van der Waals surface area (Å²) < 4.78 is 3.78. The first kappa shape index (κ1) is 7.59. The second-order valence-electron chi connectivity index (χ2n) is 1.52. The van der Waals surface area contributed by atoms with E-state index in [0.717, 1.165) is 11.5 Å². The lowest BCUT2D eigenvalue weighted by atomic mass is 10.3. The average Bonchev–Trinajstić information content (AvgIpc) is 2.34. The van der Waals surface area contributed by atoms with Crippen molar-refractivity contribution in [2.24, 2.45) is 5.73 Å². The number of rotatable bonds is 2. The van der Waals surface area contributed by atoms with Gasteiger partial charge in [-0.15, -0.1) is 5.10 Å². The van der Waals surface area contributed by atoms with Gasteiger partial charge in [-0.25, -0.2) is 0 Å². The number of halogens is 1. The zero-order valence-corrected chi connectivity index (χ0v) is 6.45. The predicted octanol–water partition coefficient (Wildman–Crippen LogP) is 0.333. The third-order valence-electron chi connectivity index (χ3n) is 0.897. The van der Waals surface area contributed by atoms with Gasteiger partial charge in [0, 0.05) is 11.5 Å². The topological polar surface area (TPSA) is 68.9 Å². The van der Waals surface area contributed by atoms with E-state index in [2.05, 4.69) is 9.59 Å². The van der Waals surface area contributed by atoms with E-state index >= 15 is 0 Å². The minimum atomic E-state index is -0.279. The Morgan fingerprint density at radius 3 is 2.90 bits per heavy atom. The Kier molecular flexibility index (Phi) is 2.31. The summed E-state index contributed by atoms with van der Waals surface area (Å²) in [6.45, 7) is -0.0782. The second-order valence-corrected chi connectivity index (χ2v) is 2.88. The molecule has 1 rings (SSSR count). The predicted molar refractivity (Wildman–Crippen MR) is 38.3 cm³/mol. The molecule has 4 nitrogen and oxygen atoms in total. The third-order valence-corrected chi connectivity index (χ3v) is 1.80. The van der Waals surface area contributed by atoms with Crippen LogP contribution in [0.4, 0.5) is 0 Å². The van der Waals surface area contributed by atoms with Gasteiger partial charge in [-0.3, -0.25) is 4.79 Å². The minimum absolute atomic E-state index is 0.0782. The van der Waals surface area contributed by atoms with E-state index in [0.29, 0.717) is 4.34 Å². The maximum atomic E-state index is 10.8. The molecule has 2 N–H and O–H groups in total. The molecule has 1 aromatic rings. The number of hydrogen-bond donors (Lipinski definition) is 1. The molecule has 0 radical (unpaired) electrons. The lowest BCUT2D eigenvalue weighted by Crippen LogP contribution is -2.14. The summed E-state index contributed by atoms with van der Waals surface area (Å²) in [7, 11) is 0. The van der Waals surface area contributed by atoms with Crippen LogP contribution in [-0.4, -0.2) is 21.9 Å². The first-order valence-electron chi connectivity index (χ1n) is 2.47. The largest absolute Gasteiger partial charge is 0.324 e. The Hall–Kier alpha value is -0.520. The van der Waals surface area contributed by atoms with Crippen molar-refractivity contribution in [1.29, 1.82) is 0 Å². The highest BCUT2D eigenvalue weighted by Crippen LogP contribution is 2.16. The summed E-state index contributed by atoms with van der Waals surface area (Å²) in [4.78, 5) is 10.8. The Balaban J connectivity index is 2.93. The van der Waals surface area contributed by atoms with Crippen LogP contribution < -0.4 is 5.73 Å². The number of aromatic nitrogens is 2. The van der Waals surface area contributed by atoms with Crippen molar-refractivity contribution in [2.45, 2.75) is 0 Å². The van der Waals surface area contributed by atoms with Crippen molar-refractivity contribution >= 4 is 28.9 Å². The van der Waals surface area contributed by atoms with E-state index in [-0.39, 0.29) is 18.0 Å². The van der Waals surface area contributed by atoms with Gasteiger partial charge in [0.2, 0.25) is 0 Å². The fourth-order valence-corrected chi connectivity index (χ4v) is 1.11. The molecule has 0 aromatic carbocycles. The van der Waals surface area contributed by atoms with Crippen molar-refractivity contribution in [1.82, 2.24) is 9.59 Å². The van der Waals surface area contributed by atoms with E-state index in [1.54, 1.807) is 0 Å². The van der Waals surface area contributed by atoms with Crippen LogP contribution in [0.5, 0.6) is 0 Å². The molecule has 0 amide bonds. The van der Waals surface area contributed by atoms with Crippen LogP contribution in [0.2, 0.25) is 4.34 Å². The van der Waals surface area contributed by atoms with Gasteiger partial charge in [0.05, 0.1) is 6.54 Å². The van der Waals surface area contributed by atoms with Crippen molar-refractivity contribution in [3.05, 3.63) is 10.0 Å². The van der Waals surface area contributed by atoms with Gasteiger partial charge in [0.1, 0.15) is 4.34 Å². The number of ketones is 1.